The predicted molar refractivity (Wildman–Crippen MR) is 115 cm³/mol. The number of hydrogen-bond donors (Lipinski definition) is 6. The van der Waals surface area contributed by atoms with Gasteiger partial charge >= 0.3 is 17.3 Å². The van der Waals surface area contributed by atoms with Gasteiger partial charge in [-0.15, -0.1) is 0 Å². The number of esters is 1. The maximum absolute atomic E-state index is 11.1. The quantitative estimate of drug-likeness (QED) is 0.231. The first kappa shape index (κ1) is 23.5. The molecule has 2 heterocycles. The van der Waals surface area contributed by atoms with Gasteiger partial charge in [-0.25, -0.2) is 4.42 Å². The zero-order chi connectivity index (χ0) is 24.6. The molecule has 1 aliphatic rings. The Morgan fingerprint density at radius 3 is 2.35 bits per heavy atom. The van der Waals surface area contributed by atoms with Crippen molar-refractivity contribution in [2.75, 3.05) is 6.61 Å². The molecule has 11 nitrogen and oxygen atoms in total. The van der Waals surface area contributed by atoms with Crippen molar-refractivity contribution in [3.8, 4) is 34.3 Å². The van der Waals surface area contributed by atoms with Crippen LogP contribution in [0.15, 0.2) is 46.9 Å². The van der Waals surface area contributed by atoms with Crippen molar-refractivity contribution in [3.63, 3.8) is 0 Å². The van der Waals surface area contributed by atoms with Gasteiger partial charge in [0.1, 0.15) is 53.7 Å². The van der Waals surface area contributed by atoms with Crippen LogP contribution in [0.4, 0.5) is 0 Å². The number of aliphatic hydroxyl groups excluding tert-OH is 3. The summed E-state index contributed by atoms with van der Waals surface area (Å²) in [4.78, 5) is 11.1. The van der Waals surface area contributed by atoms with E-state index in [0.717, 1.165) is 6.07 Å². The van der Waals surface area contributed by atoms with Crippen LogP contribution in [0.1, 0.15) is 6.92 Å². The highest BCUT2D eigenvalue weighted by Gasteiger charge is 2.46. The van der Waals surface area contributed by atoms with Crippen LogP contribution in [0.3, 0.4) is 0 Å². The second-order valence-corrected chi connectivity index (χ2v) is 7.80. The van der Waals surface area contributed by atoms with Gasteiger partial charge in [-0.2, -0.15) is 0 Å². The summed E-state index contributed by atoms with van der Waals surface area (Å²) in [6.07, 6.45) is -7.66. The largest absolute Gasteiger partial charge is 0.508 e. The van der Waals surface area contributed by atoms with Crippen LogP contribution < -0.4 is 4.74 Å². The third-order valence-corrected chi connectivity index (χ3v) is 5.31. The van der Waals surface area contributed by atoms with E-state index in [-0.39, 0.29) is 39.7 Å². The van der Waals surface area contributed by atoms with Gasteiger partial charge in [0.25, 0.3) is 0 Å². The molecule has 6 N–H and O–H groups in total. The summed E-state index contributed by atoms with van der Waals surface area (Å²) in [5.41, 5.74) is 0.543. The molecule has 0 bridgehead atoms. The average molecular weight is 475 g/mol. The number of phenolic OH excluding ortho intramolecular Hbond substituents is 3. The van der Waals surface area contributed by atoms with Crippen LogP contribution in [0.25, 0.3) is 22.3 Å². The maximum atomic E-state index is 11.1. The number of phenols is 3. The second-order valence-electron chi connectivity index (χ2n) is 7.80. The molecule has 0 saturated carbocycles. The zero-order valence-corrected chi connectivity index (χ0v) is 17.9. The van der Waals surface area contributed by atoms with Crippen LogP contribution in [0.2, 0.25) is 0 Å². The Kier molecular flexibility index (Phi) is 6.44. The fourth-order valence-corrected chi connectivity index (χ4v) is 3.56. The van der Waals surface area contributed by atoms with Crippen molar-refractivity contribution >= 4 is 16.9 Å². The molecule has 1 aliphatic heterocycles. The Labute approximate surface area is 192 Å². The Bertz CT molecular complexity index is 1190. The molecule has 3 aromatic rings. The minimum Gasteiger partial charge on any atom is -0.508 e. The molecule has 1 aromatic heterocycles. The predicted octanol–water partition coefficient (Wildman–Crippen LogP) is 1.25. The van der Waals surface area contributed by atoms with Crippen molar-refractivity contribution in [3.05, 3.63) is 42.5 Å². The number of hydrogen-bond acceptors (Lipinski definition) is 10. The van der Waals surface area contributed by atoms with E-state index in [4.69, 9.17) is 18.6 Å². The minimum absolute atomic E-state index is 0.00115. The number of rotatable bonds is 5. The van der Waals surface area contributed by atoms with Gasteiger partial charge in [0.15, 0.2) is 0 Å². The number of ether oxygens (including phenoxy) is 3. The molecule has 0 spiro atoms. The Balaban J connectivity index is 1.75. The summed E-state index contributed by atoms with van der Waals surface area (Å²) >= 11 is 0. The summed E-state index contributed by atoms with van der Waals surface area (Å²) in [5.74, 6) is -1.12. The number of fused-ring (bicyclic) bond motifs is 1. The van der Waals surface area contributed by atoms with E-state index < -0.39 is 43.3 Å². The monoisotopic (exact) mass is 475 g/mol. The molecule has 5 atom stereocenters. The summed E-state index contributed by atoms with van der Waals surface area (Å²) in [7, 11) is 0. The maximum Gasteiger partial charge on any atom is 0.402 e. The van der Waals surface area contributed by atoms with Crippen molar-refractivity contribution in [2.24, 2.45) is 0 Å². The van der Waals surface area contributed by atoms with Crippen molar-refractivity contribution in [1.82, 2.24) is 0 Å². The van der Waals surface area contributed by atoms with Crippen LogP contribution in [0.5, 0.6) is 23.0 Å². The standard InChI is InChI=1S/C23H22O11/c1-10(24)31-9-18-19(28)20(29)21(30)23(34-18)33-17-8-14-15(27)6-13(26)7-16(14)32-22(17)11-2-4-12(25)5-3-11/h2-8,18-21,23,28-30H,9H2,1H3,(H2-,25,26,27)/p+1. The van der Waals surface area contributed by atoms with E-state index >= 15 is 0 Å². The fraction of sp³-hybridized carbons (Fsp3) is 0.304. The average Bonchev–Trinajstić information content (AvgIpc) is 2.79. The lowest BCUT2D eigenvalue weighted by molar-refractivity contribution is -0.278. The SMILES string of the molecule is CC(=O)OCC1OC(Oc2cc3c(O)cc(O)cc3[o+]c2-c2ccc(O)cc2)C(O)C(O)C1O. The third-order valence-electron chi connectivity index (χ3n) is 5.31. The van der Waals surface area contributed by atoms with E-state index in [1.807, 2.05) is 0 Å². The second kappa shape index (κ2) is 9.31. The highest BCUT2D eigenvalue weighted by Crippen LogP contribution is 2.40. The molecular formula is C23H23O11+. The summed E-state index contributed by atoms with van der Waals surface area (Å²) < 4.78 is 22.1. The summed E-state index contributed by atoms with van der Waals surface area (Å²) in [6.45, 7) is 0.770. The smallest absolute Gasteiger partial charge is 0.402 e. The molecule has 2 aromatic carbocycles. The van der Waals surface area contributed by atoms with Crippen LogP contribution in [0, 0.1) is 0 Å². The van der Waals surface area contributed by atoms with Gasteiger partial charge in [-0.3, -0.25) is 4.79 Å². The van der Waals surface area contributed by atoms with Gasteiger partial charge in [0, 0.05) is 19.1 Å². The molecule has 1 fully saturated rings. The van der Waals surface area contributed by atoms with Crippen LogP contribution in [-0.4, -0.2) is 73.9 Å². The first-order chi connectivity index (χ1) is 16.1. The molecule has 0 amide bonds. The molecule has 11 heteroatoms. The molecule has 0 aliphatic carbocycles. The Morgan fingerprint density at radius 1 is 0.971 bits per heavy atom. The van der Waals surface area contributed by atoms with E-state index in [1.54, 1.807) is 0 Å². The lowest BCUT2D eigenvalue weighted by Gasteiger charge is -2.39. The summed E-state index contributed by atoms with van der Waals surface area (Å²) in [5, 5.41) is 60.8. The van der Waals surface area contributed by atoms with Crippen molar-refractivity contribution < 1.29 is 54.1 Å². The lowest BCUT2D eigenvalue weighted by Crippen LogP contribution is -2.60. The molecule has 180 valence electrons. The molecular weight excluding hydrogens is 452 g/mol. The molecule has 34 heavy (non-hydrogen) atoms. The Hall–Kier alpha value is -3.64. The molecule has 1 saturated heterocycles. The van der Waals surface area contributed by atoms with E-state index in [1.165, 1.54) is 43.3 Å². The number of aromatic hydroxyl groups is 3. The van der Waals surface area contributed by atoms with Crippen molar-refractivity contribution in [1.29, 1.82) is 0 Å². The first-order valence-corrected chi connectivity index (χ1v) is 10.3. The zero-order valence-electron chi connectivity index (χ0n) is 17.9. The first-order valence-electron chi connectivity index (χ1n) is 10.3. The Morgan fingerprint density at radius 2 is 1.68 bits per heavy atom. The van der Waals surface area contributed by atoms with Crippen LogP contribution >= 0.6 is 0 Å². The van der Waals surface area contributed by atoms with Gasteiger partial charge in [0.2, 0.25) is 12.0 Å². The number of carbonyl (C=O) groups is 1. The van der Waals surface area contributed by atoms with Crippen LogP contribution in [-0.2, 0) is 14.3 Å². The van der Waals surface area contributed by atoms with E-state index in [0.29, 0.717) is 5.56 Å². The highest BCUT2D eigenvalue weighted by molar-refractivity contribution is 5.88. The highest BCUT2D eigenvalue weighted by atomic mass is 16.7. The van der Waals surface area contributed by atoms with E-state index in [9.17, 15) is 35.4 Å². The van der Waals surface area contributed by atoms with Gasteiger partial charge in [-0.1, -0.05) is 0 Å². The molecule has 5 unspecified atom stereocenters. The fourth-order valence-electron chi connectivity index (χ4n) is 3.56. The van der Waals surface area contributed by atoms with Gasteiger partial charge < -0.3 is 44.8 Å². The minimum atomic E-state index is -1.69. The van der Waals surface area contributed by atoms with E-state index in [2.05, 4.69) is 0 Å². The molecule has 4 rings (SSSR count). The van der Waals surface area contributed by atoms with Gasteiger partial charge in [-0.05, 0) is 24.3 Å². The molecule has 0 radical (unpaired) electrons. The normalized spacial score (nSPS) is 24.6. The van der Waals surface area contributed by atoms with Crippen molar-refractivity contribution in [2.45, 2.75) is 37.6 Å². The number of carbonyl (C=O) groups excluding carboxylic acids is 1. The number of benzene rings is 2. The third kappa shape index (κ3) is 4.68. The lowest BCUT2D eigenvalue weighted by atomic mass is 9.99. The van der Waals surface area contributed by atoms with Gasteiger partial charge in [0.05, 0.1) is 11.6 Å². The topological polar surface area (TPSA) is 177 Å². The summed E-state index contributed by atoms with van der Waals surface area (Å²) in [6, 6.07) is 9.61. The number of aliphatic hydroxyl groups is 3.